The van der Waals surface area contributed by atoms with Crippen LogP contribution in [0.4, 0.5) is 0 Å². The van der Waals surface area contributed by atoms with Gasteiger partial charge in [-0.05, 0) is 18.9 Å². The van der Waals surface area contributed by atoms with Crippen LogP contribution >= 0.6 is 0 Å². The fraction of sp³-hybridized carbons (Fsp3) is 0.222. The van der Waals surface area contributed by atoms with Crippen molar-refractivity contribution in [2.24, 2.45) is 7.05 Å². The minimum atomic E-state index is 0. The van der Waals surface area contributed by atoms with Crippen molar-refractivity contribution in [2.45, 2.75) is 19.8 Å². The number of rotatable bonds is 0. The molecule has 3 heterocycles. The van der Waals surface area contributed by atoms with Gasteiger partial charge in [0, 0.05) is 22.8 Å². The van der Waals surface area contributed by atoms with Crippen LogP contribution in [-0.4, -0.2) is 25.8 Å². The first-order chi connectivity index (χ1) is 10.6. The van der Waals surface area contributed by atoms with Gasteiger partial charge in [-0.1, -0.05) is 17.7 Å². The molecular weight excluding hydrogens is 532 g/mol. The standard InChI is InChI=1S/C18H14N3.Al.Bk.2H/c1-11-5-6-12-7-8-13-10-15-19-14-4-3-9-20(2)18(14)21(15)17(13)16(11)12;;;;/h3-4,7-8H,6,10H2,1-2H3;;;;. The molecule has 5 heteroatoms. The molecule has 1 aliphatic carbocycles. The van der Waals surface area contributed by atoms with Crippen molar-refractivity contribution in [2.75, 3.05) is 0 Å². The third-order valence-corrected chi connectivity index (χ3v) is 6.27. The van der Waals surface area contributed by atoms with Crippen molar-refractivity contribution in [1.29, 1.82) is 0 Å². The molecule has 1 aliphatic heterocycles. The minimum absolute atomic E-state index is 0. The van der Waals surface area contributed by atoms with Crippen LogP contribution in [0.5, 0.6) is 0 Å². The van der Waals surface area contributed by atoms with E-state index in [9.17, 15) is 0 Å². The van der Waals surface area contributed by atoms with Crippen LogP contribution in [0.1, 0.15) is 29.4 Å². The summed E-state index contributed by atoms with van der Waals surface area (Å²) in [4.78, 5) is 4.85. The Balaban J connectivity index is 0.00000135. The number of hydrogen-bond donors (Lipinski definition) is 0. The second-order valence-corrected chi connectivity index (χ2v) is 7.67. The van der Waals surface area contributed by atoms with Crippen LogP contribution in [0.25, 0.3) is 22.4 Å². The Bertz CT molecular complexity index is 1020. The molecule has 5 rings (SSSR count). The molecule has 3 aromatic rings. The number of aromatic nitrogens is 3. The molecule has 1 radical (unpaired) electrons. The molecule has 0 spiro atoms. The average Bonchev–Trinajstić information content (AvgIpc) is 3.10. The van der Waals surface area contributed by atoms with E-state index in [1.54, 1.807) is 4.44 Å². The molecule has 2 aliphatic rings. The van der Waals surface area contributed by atoms with Gasteiger partial charge in [-0.15, -0.1) is 16.6 Å². The van der Waals surface area contributed by atoms with E-state index in [1.165, 1.54) is 28.0 Å². The summed E-state index contributed by atoms with van der Waals surface area (Å²) in [5.74, 6) is 1.16. The predicted octanol–water partition coefficient (Wildman–Crippen LogP) is 1.47. The smallest absolute Gasteiger partial charge is 0.253 e. The summed E-state index contributed by atoms with van der Waals surface area (Å²) in [7, 11) is 2.05. The first-order valence-electron chi connectivity index (χ1n) is 7.75. The molecule has 0 amide bonds. The van der Waals surface area contributed by atoms with Crippen molar-refractivity contribution < 1.29 is 4.57 Å². The fourth-order valence-corrected chi connectivity index (χ4v) is 4.62. The Morgan fingerprint density at radius 3 is 2.83 bits per heavy atom. The minimum Gasteiger partial charge on any atom is -0.342 e. The van der Waals surface area contributed by atoms with E-state index in [1.807, 2.05) is 6.07 Å². The summed E-state index contributed by atoms with van der Waals surface area (Å²) in [5.41, 5.74) is 9.43. The molecule has 1 aromatic carbocycles. The van der Waals surface area contributed by atoms with Crippen LogP contribution < -0.4 is 4.57 Å². The molecule has 0 bridgehead atoms. The molecule has 23 heavy (non-hydrogen) atoms. The molecule has 0 fully saturated rings. The monoisotopic (exact) mass is 548 g/mol. The topological polar surface area (TPSA) is 21.7 Å². The van der Waals surface area contributed by atoms with Gasteiger partial charge in [0.25, 0.3) is 16.3 Å². The molecule has 0 saturated carbocycles. The molecule has 0 unspecified atom stereocenters. The van der Waals surface area contributed by atoms with Gasteiger partial charge in [0.2, 0.25) is 5.65 Å². The summed E-state index contributed by atoms with van der Waals surface area (Å²) in [6, 6.07) is 8.63. The number of imidazole rings is 1. The van der Waals surface area contributed by atoms with Gasteiger partial charge in [-0.3, -0.25) is 0 Å². The van der Waals surface area contributed by atoms with Gasteiger partial charge in [0.05, 0.1) is 13.5 Å². The number of pyridine rings is 1. The predicted molar refractivity (Wildman–Crippen MR) is 88.7 cm³/mol. The Morgan fingerprint density at radius 1 is 1.22 bits per heavy atom. The second kappa shape index (κ2) is 4.32. The second-order valence-electron chi connectivity index (χ2n) is 6.46. The van der Waals surface area contributed by atoms with E-state index in [4.69, 9.17) is 4.98 Å². The van der Waals surface area contributed by atoms with E-state index in [0.717, 1.165) is 46.1 Å². The summed E-state index contributed by atoms with van der Waals surface area (Å²) >= 11 is 1.15. The molecule has 115 valence electrons. The van der Waals surface area contributed by atoms with E-state index in [-0.39, 0.29) is 0 Å². The van der Waals surface area contributed by atoms with Crippen LogP contribution in [0, 0.1) is 6.20 Å². The summed E-state index contributed by atoms with van der Waals surface area (Å²) in [6.07, 6.45) is 5.33. The molecule has 2 aromatic heterocycles. The number of nitrogens with zero attached hydrogens (tertiary/aromatic N) is 3. The summed E-state index contributed by atoms with van der Waals surface area (Å²) in [6.45, 7) is 2.29. The first-order valence-corrected chi connectivity index (χ1v) is 8.75. The number of fused-ring (bicyclic) bond motifs is 7. The Hall–Kier alpha value is -2.89. The zero-order valence-corrected chi connectivity index (χ0v) is 18.2. The Morgan fingerprint density at radius 2 is 2.00 bits per heavy atom. The molecule has 0 N–H and O–H groups in total. The van der Waals surface area contributed by atoms with Crippen molar-refractivity contribution in [3.05, 3.63) is 57.4 Å². The van der Waals surface area contributed by atoms with Gasteiger partial charge in [-0.25, -0.2) is 9.55 Å². The maximum atomic E-state index is 4.85. The maximum Gasteiger partial charge on any atom is 0.253 e. The normalized spacial score (nSPS) is 14.7. The zero-order chi connectivity index (χ0) is 15.0. The number of hydrogen-bond acceptors (Lipinski definition) is 1. The number of allylic oxidation sites excluding steroid dienone is 2. The Kier molecular flexibility index (Phi) is 2.58. The first kappa shape index (κ1) is 13.8. The van der Waals surface area contributed by atoms with Gasteiger partial charge in [0.1, 0.15) is 5.69 Å². The Labute approximate surface area is 137 Å². The molecule has 0 saturated heterocycles. The molecule has 0 atom stereocenters. The number of aryl methyl sites for hydroxylation is 1. The van der Waals surface area contributed by atoms with E-state index in [2.05, 4.69) is 47.5 Å². The fourth-order valence-electron chi connectivity index (χ4n) is 3.99. The van der Waals surface area contributed by atoms with Gasteiger partial charge >= 0.3 is 0 Å². The van der Waals surface area contributed by atoms with E-state index >= 15 is 0 Å². The van der Waals surface area contributed by atoms with Crippen molar-refractivity contribution in [3.8, 4) is 5.69 Å². The van der Waals surface area contributed by atoms with Crippen molar-refractivity contribution >= 4 is 33.0 Å². The molecule has 3 nitrogen and oxygen atoms in total. The average molecular weight is 548 g/mol. The SMILES string of the molecule is CC1=[C]([AlH2])Cc2ccc3c(c21)-n1c(nc2cc[c-][n+](C)c21)C3.[Bk]. The quantitative estimate of drug-likeness (QED) is 0.186. The van der Waals surface area contributed by atoms with E-state index < -0.39 is 0 Å². The van der Waals surface area contributed by atoms with Crippen molar-refractivity contribution in [3.63, 3.8) is 0 Å². The summed E-state index contributed by atoms with van der Waals surface area (Å²) < 4.78 is 6.05. The van der Waals surface area contributed by atoms with Gasteiger partial charge in [-0.2, -0.15) is 0 Å². The van der Waals surface area contributed by atoms with Crippen LogP contribution in [0.3, 0.4) is 0 Å². The third-order valence-electron chi connectivity index (χ3n) is 5.17. The van der Waals surface area contributed by atoms with E-state index in [0.29, 0.717) is 0 Å². The maximum absolute atomic E-state index is 4.85. The molecular formula is C18H16AlBkN3. The van der Waals surface area contributed by atoms with Crippen LogP contribution in [-0.2, 0) is 19.9 Å². The van der Waals surface area contributed by atoms with Gasteiger partial charge in [0.15, 0.2) is 5.82 Å². The van der Waals surface area contributed by atoms with Gasteiger partial charge < -0.3 is 4.57 Å². The zero-order valence-electron chi connectivity index (χ0n) is 13.4. The third kappa shape index (κ3) is 1.55. The van der Waals surface area contributed by atoms with Crippen LogP contribution in [0.2, 0.25) is 0 Å². The largest absolute Gasteiger partial charge is 0.342 e. The van der Waals surface area contributed by atoms with Crippen molar-refractivity contribution in [1.82, 2.24) is 9.55 Å². The summed E-state index contributed by atoms with van der Waals surface area (Å²) in [5, 5.41) is 0. The van der Waals surface area contributed by atoms with Crippen LogP contribution in [0.15, 0.2) is 28.7 Å². The number of benzene rings is 1.